The summed E-state index contributed by atoms with van der Waals surface area (Å²) in [4.78, 5) is 1.72. The van der Waals surface area contributed by atoms with Gasteiger partial charge in [-0.2, -0.15) is 5.26 Å². The van der Waals surface area contributed by atoms with Crippen molar-refractivity contribution in [2.45, 2.75) is 0 Å². The van der Waals surface area contributed by atoms with Crippen molar-refractivity contribution in [2.24, 2.45) is 0 Å². The van der Waals surface area contributed by atoms with Crippen LogP contribution in [0.2, 0.25) is 0 Å². The third-order valence-corrected chi connectivity index (χ3v) is 1.58. The van der Waals surface area contributed by atoms with Gasteiger partial charge in [0.05, 0.1) is 11.3 Å². The lowest BCUT2D eigenvalue weighted by atomic mass is 10.1. The van der Waals surface area contributed by atoms with Crippen molar-refractivity contribution in [1.29, 1.82) is 5.26 Å². The Morgan fingerprint density at radius 2 is 2.08 bits per heavy atom. The van der Waals surface area contributed by atoms with Gasteiger partial charge in [0.2, 0.25) is 0 Å². The van der Waals surface area contributed by atoms with Crippen molar-refractivity contribution in [3.05, 3.63) is 23.8 Å². The van der Waals surface area contributed by atoms with E-state index in [0.717, 1.165) is 0 Å². The lowest BCUT2D eigenvalue weighted by Gasteiger charge is -2.15. The second-order valence-electron chi connectivity index (χ2n) is 2.68. The molecule has 0 unspecified atom stereocenters. The summed E-state index contributed by atoms with van der Waals surface area (Å²) in [6.45, 7) is 0. The van der Waals surface area contributed by atoms with Crippen molar-refractivity contribution in [2.75, 3.05) is 19.0 Å². The van der Waals surface area contributed by atoms with Gasteiger partial charge in [0.1, 0.15) is 11.8 Å². The van der Waals surface area contributed by atoms with Gasteiger partial charge in [-0.1, -0.05) is 6.07 Å². The van der Waals surface area contributed by atoms with E-state index in [1.54, 1.807) is 37.2 Å². The Morgan fingerprint density at radius 1 is 1.42 bits per heavy atom. The van der Waals surface area contributed by atoms with Gasteiger partial charge >= 0.3 is 0 Å². The quantitative estimate of drug-likeness (QED) is 0.677. The van der Waals surface area contributed by atoms with Crippen LogP contribution in [0.4, 0.5) is 5.69 Å². The molecule has 0 aliphatic heterocycles. The molecule has 0 bridgehead atoms. The molecule has 0 aliphatic rings. The van der Waals surface area contributed by atoms with Crippen LogP contribution in [0.1, 0.15) is 5.56 Å². The molecule has 0 radical (unpaired) electrons. The highest BCUT2D eigenvalue weighted by molar-refractivity contribution is 5.66. The Bertz CT molecular complexity index is 326. The molecule has 0 fully saturated rings. The fourth-order valence-corrected chi connectivity index (χ4v) is 1.09. The number of nitriles is 1. The Labute approximate surface area is 71.5 Å². The maximum absolute atomic E-state index is 9.40. The Morgan fingerprint density at radius 3 is 2.50 bits per heavy atom. The fourth-order valence-electron chi connectivity index (χ4n) is 1.09. The second-order valence-corrected chi connectivity index (χ2v) is 2.68. The summed E-state index contributed by atoms with van der Waals surface area (Å²) < 4.78 is 0. The molecule has 3 nitrogen and oxygen atoms in total. The smallest absolute Gasteiger partial charge is 0.140 e. The van der Waals surface area contributed by atoms with Crippen LogP contribution in [-0.2, 0) is 0 Å². The van der Waals surface area contributed by atoms with Crippen LogP contribution in [0.5, 0.6) is 5.75 Å². The summed E-state index contributed by atoms with van der Waals surface area (Å²) in [5.41, 5.74) is 1.06. The fraction of sp³-hybridized carbons (Fsp3) is 0.222. The van der Waals surface area contributed by atoms with Gasteiger partial charge in [-0.15, -0.1) is 0 Å². The summed E-state index contributed by atoms with van der Waals surface area (Å²) in [6, 6.07) is 6.91. The molecule has 1 rings (SSSR count). The first-order valence-corrected chi connectivity index (χ1v) is 3.56. The van der Waals surface area contributed by atoms with Gasteiger partial charge in [-0.3, -0.25) is 0 Å². The predicted octanol–water partition coefficient (Wildman–Crippen LogP) is 1.33. The minimum atomic E-state index is 0.138. The maximum atomic E-state index is 9.40. The van der Waals surface area contributed by atoms with Crippen molar-refractivity contribution >= 4 is 5.69 Å². The Kier molecular flexibility index (Phi) is 2.20. The zero-order chi connectivity index (χ0) is 9.14. The first-order chi connectivity index (χ1) is 5.66. The number of phenols is 1. The first-order valence-electron chi connectivity index (χ1n) is 3.56. The third-order valence-electron chi connectivity index (χ3n) is 1.58. The minimum Gasteiger partial charge on any atom is -0.506 e. The zero-order valence-corrected chi connectivity index (χ0v) is 7.07. The third kappa shape index (κ3) is 1.32. The van der Waals surface area contributed by atoms with Gasteiger partial charge < -0.3 is 10.0 Å². The van der Waals surface area contributed by atoms with Crippen LogP contribution in [0, 0.1) is 11.3 Å². The molecule has 0 heterocycles. The molecule has 0 amide bonds. The Balaban J connectivity index is 3.32. The normalized spacial score (nSPS) is 9.08. The van der Waals surface area contributed by atoms with Crippen molar-refractivity contribution < 1.29 is 5.11 Å². The zero-order valence-electron chi connectivity index (χ0n) is 7.07. The minimum absolute atomic E-state index is 0.138. The van der Waals surface area contributed by atoms with Gasteiger partial charge in [-0.05, 0) is 12.1 Å². The van der Waals surface area contributed by atoms with Gasteiger partial charge in [-0.25, -0.2) is 0 Å². The summed E-state index contributed by atoms with van der Waals surface area (Å²) >= 11 is 0. The standard InChI is InChI=1S/C9H10N2O/c1-11(2)9-7(6-10)4-3-5-8(9)12/h3-5,12H,1-2H3. The molecule has 1 aromatic carbocycles. The SMILES string of the molecule is CN(C)c1c(O)cccc1C#N. The second kappa shape index (κ2) is 3.14. The molecular formula is C9H10N2O. The van der Waals surface area contributed by atoms with Crippen LogP contribution in [0.25, 0.3) is 0 Å². The highest BCUT2D eigenvalue weighted by Crippen LogP contribution is 2.28. The van der Waals surface area contributed by atoms with E-state index < -0.39 is 0 Å². The molecule has 62 valence electrons. The van der Waals surface area contributed by atoms with E-state index in [4.69, 9.17) is 5.26 Å². The summed E-state index contributed by atoms with van der Waals surface area (Å²) in [7, 11) is 3.58. The van der Waals surface area contributed by atoms with E-state index in [0.29, 0.717) is 11.3 Å². The lowest BCUT2D eigenvalue weighted by Crippen LogP contribution is -2.10. The van der Waals surface area contributed by atoms with Gasteiger partial charge in [0, 0.05) is 14.1 Å². The molecule has 3 heteroatoms. The summed E-state index contributed by atoms with van der Waals surface area (Å²) in [5, 5.41) is 18.1. The number of hydrogen-bond acceptors (Lipinski definition) is 3. The van der Waals surface area contributed by atoms with Crippen LogP contribution in [0.3, 0.4) is 0 Å². The number of rotatable bonds is 1. The van der Waals surface area contributed by atoms with Gasteiger partial charge in [0.15, 0.2) is 0 Å². The van der Waals surface area contributed by atoms with E-state index in [1.807, 2.05) is 6.07 Å². The molecule has 0 aromatic heterocycles. The van der Waals surface area contributed by atoms with Crippen LogP contribution in [0.15, 0.2) is 18.2 Å². The average molecular weight is 162 g/mol. The average Bonchev–Trinajstić information content (AvgIpc) is 2.03. The molecule has 0 aliphatic carbocycles. The van der Waals surface area contributed by atoms with Crippen LogP contribution < -0.4 is 4.90 Å². The first kappa shape index (κ1) is 8.41. The number of anilines is 1. The number of nitrogens with zero attached hydrogens (tertiary/aromatic N) is 2. The van der Waals surface area contributed by atoms with E-state index in [2.05, 4.69) is 0 Å². The molecule has 0 saturated carbocycles. The van der Waals surface area contributed by atoms with Crippen LogP contribution >= 0.6 is 0 Å². The molecule has 0 atom stereocenters. The van der Waals surface area contributed by atoms with E-state index in [9.17, 15) is 5.11 Å². The van der Waals surface area contributed by atoms with Crippen LogP contribution in [-0.4, -0.2) is 19.2 Å². The molecule has 12 heavy (non-hydrogen) atoms. The number of phenolic OH excluding ortho intramolecular Hbond substituents is 1. The Hall–Kier alpha value is -1.69. The highest BCUT2D eigenvalue weighted by Gasteiger charge is 2.07. The highest BCUT2D eigenvalue weighted by atomic mass is 16.3. The molecule has 0 saturated heterocycles. The number of benzene rings is 1. The van der Waals surface area contributed by atoms with E-state index >= 15 is 0 Å². The lowest BCUT2D eigenvalue weighted by molar-refractivity contribution is 0.475. The van der Waals surface area contributed by atoms with Crippen molar-refractivity contribution in [3.63, 3.8) is 0 Å². The summed E-state index contributed by atoms with van der Waals surface area (Å²) in [6.07, 6.45) is 0. The van der Waals surface area contributed by atoms with E-state index in [-0.39, 0.29) is 5.75 Å². The maximum Gasteiger partial charge on any atom is 0.140 e. The van der Waals surface area contributed by atoms with Crippen molar-refractivity contribution in [1.82, 2.24) is 0 Å². The largest absolute Gasteiger partial charge is 0.506 e. The van der Waals surface area contributed by atoms with E-state index in [1.165, 1.54) is 0 Å². The molecule has 1 aromatic rings. The number of para-hydroxylation sites is 1. The predicted molar refractivity (Wildman–Crippen MR) is 47.1 cm³/mol. The monoisotopic (exact) mass is 162 g/mol. The molecule has 1 N–H and O–H groups in total. The summed E-state index contributed by atoms with van der Waals surface area (Å²) in [5.74, 6) is 0.138. The van der Waals surface area contributed by atoms with Crippen molar-refractivity contribution in [3.8, 4) is 11.8 Å². The van der Waals surface area contributed by atoms with Gasteiger partial charge in [0.25, 0.3) is 0 Å². The molecule has 0 spiro atoms. The topological polar surface area (TPSA) is 47.3 Å². The molecular weight excluding hydrogens is 152 g/mol. The number of hydrogen-bond donors (Lipinski definition) is 1. The number of aromatic hydroxyl groups is 1.